The molecule has 0 radical (unpaired) electrons. The fourth-order valence-corrected chi connectivity index (χ4v) is 3.66. The van der Waals surface area contributed by atoms with Gasteiger partial charge < -0.3 is 9.26 Å². The minimum atomic E-state index is -0.141. The smallest absolute Gasteiger partial charge is 0.237 e. The summed E-state index contributed by atoms with van der Waals surface area (Å²) in [6.45, 7) is 8.25. The second-order valence-electron chi connectivity index (χ2n) is 7.44. The van der Waals surface area contributed by atoms with Gasteiger partial charge in [0.1, 0.15) is 5.75 Å². The van der Waals surface area contributed by atoms with Gasteiger partial charge in [0.05, 0.1) is 18.4 Å². The van der Waals surface area contributed by atoms with E-state index in [0.717, 1.165) is 33.0 Å². The van der Waals surface area contributed by atoms with Gasteiger partial charge in [0.15, 0.2) is 16.6 Å². The van der Waals surface area contributed by atoms with Crippen LogP contribution < -0.4 is 4.74 Å². The Morgan fingerprint density at radius 1 is 1.19 bits per heavy atom. The van der Waals surface area contributed by atoms with Crippen molar-refractivity contribution in [1.82, 2.24) is 24.7 Å². The number of fused-ring (bicyclic) bond motifs is 3. The summed E-state index contributed by atoms with van der Waals surface area (Å²) < 4.78 is 12.8. The molecule has 4 rings (SSSR count). The highest BCUT2D eigenvalue weighted by Gasteiger charge is 2.21. The van der Waals surface area contributed by atoms with E-state index in [0.29, 0.717) is 17.5 Å². The molecule has 0 saturated carbocycles. The highest BCUT2D eigenvalue weighted by atomic mass is 32.2. The molecule has 0 fully saturated rings. The van der Waals surface area contributed by atoms with E-state index >= 15 is 0 Å². The minimum absolute atomic E-state index is 0.141. The predicted molar refractivity (Wildman–Crippen MR) is 104 cm³/mol. The minimum Gasteiger partial charge on any atom is -0.497 e. The Hall–Kier alpha value is -2.61. The number of hydrogen-bond acceptors (Lipinski definition) is 7. The monoisotopic (exact) mass is 383 g/mol. The normalized spacial score (nSPS) is 12.2. The molecule has 8 heteroatoms. The number of pyridine rings is 1. The van der Waals surface area contributed by atoms with Crippen LogP contribution in [0.3, 0.4) is 0 Å². The molecular formula is C19H21N5O2S. The summed E-state index contributed by atoms with van der Waals surface area (Å²) in [6, 6.07) is 8.07. The molecule has 7 nitrogen and oxygen atoms in total. The largest absolute Gasteiger partial charge is 0.497 e. The zero-order chi connectivity index (χ0) is 19.2. The Morgan fingerprint density at radius 2 is 2.00 bits per heavy atom. The van der Waals surface area contributed by atoms with Gasteiger partial charge in [0, 0.05) is 16.9 Å². The van der Waals surface area contributed by atoms with Crippen LogP contribution in [-0.4, -0.2) is 31.8 Å². The number of thioether (sulfide) groups is 1. The first-order chi connectivity index (χ1) is 12.9. The average Bonchev–Trinajstić information content (AvgIpc) is 3.26. The molecule has 0 aliphatic heterocycles. The summed E-state index contributed by atoms with van der Waals surface area (Å²) in [5, 5.41) is 14.7. The lowest BCUT2D eigenvalue weighted by Gasteiger charge is -2.10. The number of nitrogens with zero attached hydrogens (tertiary/aromatic N) is 5. The topological polar surface area (TPSA) is 78.3 Å². The standard InChI is InChI=1S/C19H21N5O2S/c1-11-8-15-21-22-18(24(15)14-9-12(25-5)6-7-13(11)14)27-10-16-20-17(23-26-16)19(2,3)4/h6-9H,10H2,1-5H3. The summed E-state index contributed by atoms with van der Waals surface area (Å²) in [5.41, 5.74) is 2.82. The second kappa shape index (κ2) is 6.53. The first kappa shape index (κ1) is 17.8. The Morgan fingerprint density at radius 3 is 2.70 bits per heavy atom. The molecule has 0 aliphatic rings. The molecule has 0 aliphatic carbocycles. The van der Waals surface area contributed by atoms with Crippen LogP contribution in [0.2, 0.25) is 0 Å². The maximum atomic E-state index is 5.40. The number of benzene rings is 1. The quantitative estimate of drug-likeness (QED) is 0.489. The van der Waals surface area contributed by atoms with E-state index in [1.807, 2.05) is 22.6 Å². The summed E-state index contributed by atoms with van der Waals surface area (Å²) in [4.78, 5) is 4.49. The second-order valence-corrected chi connectivity index (χ2v) is 8.38. The molecule has 4 aromatic rings. The fourth-order valence-electron chi connectivity index (χ4n) is 2.87. The summed E-state index contributed by atoms with van der Waals surface area (Å²) >= 11 is 1.52. The van der Waals surface area contributed by atoms with Crippen molar-refractivity contribution in [2.45, 2.75) is 44.0 Å². The molecule has 0 unspecified atom stereocenters. The summed E-state index contributed by atoms with van der Waals surface area (Å²) in [5.74, 6) is 2.61. The van der Waals surface area contributed by atoms with Crippen molar-refractivity contribution < 1.29 is 9.26 Å². The van der Waals surface area contributed by atoms with Gasteiger partial charge in [-0.2, -0.15) is 4.98 Å². The molecule has 0 amide bonds. The van der Waals surface area contributed by atoms with Crippen molar-refractivity contribution in [2.75, 3.05) is 7.11 Å². The van der Waals surface area contributed by atoms with Crippen molar-refractivity contribution >= 4 is 28.3 Å². The van der Waals surface area contributed by atoms with Crippen LogP contribution in [0.25, 0.3) is 16.6 Å². The third-order valence-corrected chi connectivity index (χ3v) is 5.25. The number of methoxy groups -OCH3 is 1. The van der Waals surface area contributed by atoms with Crippen molar-refractivity contribution in [3.05, 3.63) is 41.5 Å². The van der Waals surface area contributed by atoms with Crippen LogP contribution in [0.1, 0.15) is 38.0 Å². The maximum Gasteiger partial charge on any atom is 0.237 e. The number of aryl methyl sites for hydroxylation is 1. The Bertz CT molecular complexity index is 1130. The lowest BCUT2D eigenvalue weighted by atomic mass is 9.96. The van der Waals surface area contributed by atoms with Gasteiger partial charge in [0.25, 0.3) is 0 Å². The summed E-state index contributed by atoms with van der Waals surface area (Å²) in [7, 11) is 1.67. The molecule has 0 bridgehead atoms. The first-order valence-corrected chi connectivity index (χ1v) is 9.64. The highest BCUT2D eigenvalue weighted by Crippen LogP contribution is 2.30. The molecule has 0 atom stereocenters. The molecule has 0 saturated heterocycles. The van der Waals surface area contributed by atoms with E-state index in [2.05, 4.69) is 54.1 Å². The maximum absolute atomic E-state index is 5.40. The van der Waals surface area contributed by atoms with Crippen molar-refractivity contribution in [3.63, 3.8) is 0 Å². The lowest BCUT2D eigenvalue weighted by Crippen LogP contribution is -2.13. The first-order valence-electron chi connectivity index (χ1n) is 8.65. The molecular weight excluding hydrogens is 362 g/mol. The Kier molecular flexibility index (Phi) is 4.30. The lowest BCUT2D eigenvalue weighted by molar-refractivity contribution is 0.372. The molecule has 0 spiro atoms. The van der Waals surface area contributed by atoms with Gasteiger partial charge in [0.2, 0.25) is 5.89 Å². The number of ether oxygens (including phenoxy) is 1. The molecule has 0 N–H and O–H groups in total. The van der Waals surface area contributed by atoms with E-state index < -0.39 is 0 Å². The number of hydrogen-bond donors (Lipinski definition) is 0. The molecule has 140 valence electrons. The number of aromatic nitrogens is 5. The van der Waals surface area contributed by atoms with Gasteiger partial charge in [-0.3, -0.25) is 4.40 Å². The highest BCUT2D eigenvalue weighted by molar-refractivity contribution is 7.98. The van der Waals surface area contributed by atoms with Gasteiger partial charge in [-0.25, -0.2) is 0 Å². The molecule has 3 aromatic heterocycles. The van der Waals surface area contributed by atoms with Crippen LogP contribution >= 0.6 is 11.8 Å². The van der Waals surface area contributed by atoms with Crippen LogP contribution in [0.15, 0.2) is 33.9 Å². The fraction of sp³-hybridized carbons (Fsp3) is 0.368. The zero-order valence-corrected chi connectivity index (χ0v) is 16.8. The zero-order valence-electron chi connectivity index (χ0n) is 16.0. The van der Waals surface area contributed by atoms with Gasteiger partial charge in [-0.1, -0.05) is 37.7 Å². The Balaban J connectivity index is 1.72. The SMILES string of the molecule is COc1ccc2c(C)cc3nnc(SCc4nc(C(C)(C)C)no4)n3c2c1. The number of rotatable bonds is 4. The van der Waals surface area contributed by atoms with Crippen LogP contribution in [0.4, 0.5) is 0 Å². The Labute approximate surface area is 161 Å². The molecule has 1 aromatic carbocycles. The molecule has 27 heavy (non-hydrogen) atoms. The van der Waals surface area contributed by atoms with E-state index in [1.165, 1.54) is 11.8 Å². The van der Waals surface area contributed by atoms with Crippen LogP contribution in [0.5, 0.6) is 5.75 Å². The van der Waals surface area contributed by atoms with E-state index in [9.17, 15) is 0 Å². The third kappa shape index (κ3) is 3.25. The third-order valence-electron chi connectivity index (χ3n) is 4.34. The van der Waals surface area contributed by atoms with Crippen LogP contribution in [0, 0.1) is 6.92 Å². The van der Waals surface area contributed by atoms with Crippen LogP contribution in [-0.2, 0) is 11.2 Å². The van der Waals surface area contributed by atoms with E-state index in [-0.39, 0.29) is 5.41 Å². The van der Waals surface area contributed by atoms with E-state index in [4.69, 9.17) is 9.26 Å². The average molecular weight is 383 g/mol. The molecule has 3 heterocycles. The van der Waals surface area contributed by atoms with Crippen molar-refractivity contribution in [2.24, 2.45) is 0 Å². The van der Waals surface area contributed by atoms with Gasteiger partial charge >= 0.3 is 0 Å². The van der Waals surface area contributed by atoms with Crippen molar-refractivity contribution in [3.8, 4) is 5.75 Å². The van der Waals surface area contributed by atoms with Crippen molar-refractivity contribution in [1.29, 1.82) is 0 Å². The van der Waals surface area contributed by atoms with Gasteiger partial charge in [-0.05, 0) is 30.7 Å². The van der Waals surface area contributed by atoms with Gasteiger partial charge in [-0.15, -0.1) is 10.2 Å². The summed E-state index contributed by atoms with van der Waals surface area (Å²) in [6.07, 6.45) is 0. The predicted octanol–water partition coefficient (Wildman–Crippen LogP) is 4.17. The van der Waals surface area contributed by atoms with E-state index in [1.54, 1.807) is 7.11 Å².